The number of aliphatic hydroxyl groups is 1. The first-order valence-electron chi connectivity index (χ1n) is 6.11. The van der Waals surface area contributed by atoms with E-state index in [0.29, 0.717) is 13.0 Å². The zero-order valence-electron chi connectivity index (χ0n) is 11.1. The summed E-state index contributed by atoms with van der Waals surface area (Å²) < 4.78 is 18.4. The third kappa shape index (κ3) is 5.28. The van der Waals surface area contributed by atoms with E-state index in [1.807, 2.05) is 0 Å². The molecule has 0 aliphatic rings. The molecule has 0 heterocycles. The predicted molar refractivity (Wildman–Crippen MR) is 76.0 cm³/mol. The fraction of sp³-hybridized carbons (Fsp3) is 0.357. The zero-order chi connectivity index (χ0) is 15.0. The van der Waals surface area contributed by atoms with Crippen molar-refractivity contribution >= 4 is 23.6 Å². The van der Waals surface area contributed by atoms with Gasteiger partial charge < -0.3 is 15.2 Å². The Morgan fingerprint density at radius 3 is 2.95 bits per heavy atom. The Hall–Kier alpha value is -1.43. The molecule has 6 heteroatoms. The molecule has 0 aromatic heterocycles. The lowest BCUT2D eigenvalue weighted by Gasteiger charge is -2.15. The van der Waals surface area contributed by atoms with Crippen LogP contribution in [0.25, 0.3) is 6.08 Å². The third-order valence-electron chi connectivity index (χ3n) is 2.59. The van der Waals surface area contributed by atoms with E-state index in [1.165, 1.54) is 31.4 Å². The van der Waals surface area contributed by atoms with Gasteiger partial charge in [0.25, 0.3) is 0 Å². The summed E-state index contributed by atoms with van der Waals surface area (Å²) in [5.41, 5.74) is 0.162. The maximum absolute atomic E-state index is 13.5. The van der Waals surface area contributed by atoms with Gasteiger partial charge in [-0.05, 0) is 24.6 Å². The van der Waals surface area contributed by atoms with E-state index >= 15 is 0 Å². The summed E-state index contributed by atoms with van der Waals surface area (Å²) in [6.45, 7) is 0.234. The number of halogens is 2. The molecule has 0 aliphatic carbocycles. The monoisotopic (exact) mass is 301 g/mol. The van der Waals surface area contributed by atoms with Gasteiger partial charge in [0, 0.05) is 25.4 Å². The molecule has 0 saturated heterocycles. The largest absolute Gasteiger partial charge is 0.396 e. The Morgan fingerprint density at radius 1 is 1.60 bits per heavy atom. The Balaban J connectivity index is 2.67. The molecule has 2 N–H and O–H groups in total. The minimum absolute atomic E-state index is 0.0584. The molecule has 0 saturated carbocycles. The summed E-state index contributed by atoms with van der Waals surface area (Å²) in [6.07, 6.45) is 2.90. The molecule has 4 nitrogen and oxygen atoms in total. The molecule has 0 radical (unpaired) electrons. The van der Waals surface area contributed by atoms with E-state index in [0.717, 1.165) is 0 Å². The number of rotatable bonds is 7. The van der Waals surface area contributed by atoms with Crippen molar-refractivity contribution in [3.05, 3.63) is 40.7 Å². The number of hydrogen-bond donors (Lipinski definition) is 2. The molecular formula is C14H17ClFNO3. The Labute approximate surface area is 122 Å². The first kappa shape index (κ1) is 16.6. The number of methoxy groups -OCH3 is 1. The molecule has 1 atom stereocenters. The van der Waals surface area contributed by atoms with Gasteiger partial charge in [-0.15, -0.1) is 0 Å². The molecule has 1 unspecified atom stereocenters. The maximum atomic E-state index is 13.5. The van der Waals surface area contributed by atoms with Crippen molar-refractivity contribution in [1.29, 1.82) is 0 Å². The second-order valence-corrected chi connectivity index (χ2v) is 4.55. The highest BCUT2D eigenvalue weighted by atomic mass is 35.5. The normalized spacial score (nSPS) is 12.6. The van der Waals surface area contributed by atoms with Gasteiger partial charge >= 0.3 is 0 Å². The topological polar surface area (TPSA) is 58.6 Å². The van der Waals surface area contributed by atoms with E-state index in [2.05, 4.69) is 5.32 Å². The van der Waals surface area contributed by atoms with Gasteiger partial charge in [-0.25, -0.2) is 4.39 Å². The van der Waals surface area contributed by atoms with E-state index in [4.69, 9.17) is 21.4 Å². The standard InChI is InChI=1S/C14H17ClFNO3/c1-20-9-10(7-8-18)17-14(19)6-5-11-12(15)3-2-4-13(11)16/h2-6,10,18H,7-9H2,1H3,(H,17,19)/b6-5+. The van der Waals surface area contributed by atoms with Crippen LogP contribution in [0, 0.1) is 5.82 Å². The van der Waals surface area contributed by atoms with Crippen LogP contribution in [0.1, 0.15) is 12.0 Å². The minimum atomic E-state index is -0.495. The summed E-state index contributed by atoms with van der Waals surface area (Å²) >= 11 is 5.84. The van der Waals surface area contributed by atoms with Crippen LogP contribution < -0.4 is 5.32 Å². The van der Waals surface area contributed by atoms with Crippen LogP contribution in [-0.2, 0) is 9.53 Å². The quantitative estimate of drug-likeness (QED) is 0.757. The van der Waals surface area contributed by atoms with Crippen molar-refractivity contribution in [2.75, 3.05) is 20.3 Å². The van der Waals surface area contributed by atoms with E-state index in [1.54, 1.807) is 6.07 Å². The van der Waals surface area contributed by atoms with Crippen molar-refractivity contribution < 1.29 is 19.0 Å². The van der Waals surface area contributed by atoms with Crippen LogP contribution in [0.15, 0.2) is 24.3 Å². The molecule has 0 spiro atoms. The van der Waals surface area contributed by atoms with Gasteiger partial charge in [-0.1, -0.05) is 17.7 Å². The highest BCUT2D eigenvalue weighted by Gasteiger charge is 2.10. The zero-order valence-corrected chi connectivity index (χ0v) is 11.9. The second kappa shape index (κ2) is 8.68. The van der Waals surface area contributed by atoms with Crippen molar-refractivity contribution in [3.63, 3.8) is 0 Å². The number of nitrogens with one attached hydrogen (secondary N) is 1. The molecule has 1 aromatic carbocycles. The van der Waals surface area contributed by atoms with Crippen LogP contribution in [0.3, 0.4) is 0 Å². The average molecular weight is 302 g/mol. The lowest BCUT2D eigenvalue weighted by molar-refractivity contribution is -0.117. The second-order valence-electron chi connectivity index (χ2n) is 4.14. The fourth-order valence-electron chi connectivity index (χ4n) is 1.63. The van der Waals surface area contributed by atoms with Crippen LogP contribution in [0.4, 0.5) is 4.39 Å². The van der Waals surface area contributed by atoms with Gasteiger partial charge in [0.05, 0.1) is 17.7 Å². The van der Waals surface area contributed by atoms with Gasteiger partial charge in [-0.3, -0.25) is 4.79 Å². The maximum Gasteiger partial charge on any atom is 0.244 e. The SMILES string of the molecule is COCC(CCO)NC(=O)/C=C/c1c(F)cccc1Cl. The highest BCUT2D eigenvalue weighted by Crippen LogP contribution is 2.20. The summed E-state index contributed by atoms with van der Waals surface area (Å²) in [4.78, 5) is 11.7. The van der Waals surface area contributed by atoms with Crippen molar-refractivity contribution in [2.45, 2.75) is 12.5 Å². The minimum Gasteiger partial charge on any atom is -0.396 e. The Bertz CT molecular complexity index is 453. The van der Waals surface area contributed by atoms with Gasteiger partial charge in [0.1, 0.15) is 5.82 Å². The fourth-order valence-corrected chi connectivity index (χ4v) is 1.86. The molecule has 0 fully saturated rings. The van der Waals surface area contributed by atoms with Crippen molar-refractivity contribution in [2.24, 2.45) is 0 Å². The molecule has 1 rings (SSSR count). The highest BCUT2D eigenvalue weighted by molar-refractivity contribution is 6.32. The van der Waals surface area contributed by atoms with Crippen LogP contribution >= 0.6 is 11.6 Å². The molecule has 110 valence electrons. The molecule has 20 heavy (non-hydrogen) atoms. The summed E-state index contributed by atoms with van der Waals surface area (Å²) in [5, 5.41) is 11.8. The van der Waals surface area contributed by atoms with Gasteiger partial charge in [0.15, 0.2) is 0 Å². The smallest absolute Gasteiger partial charge is 0.244 e. The number of hydrogen-bond acceptors (Lipinski definition) is 3. The third-order valence-corrected chi connectivity index (χ3v) is 2.92. The number of carbonyl (C=O) groups excluding carboxylic acids is 1. The number of aliphatic hydroxyl groups excluding tert-OH is 1. The van der Waals surface area contributed by atoms with Crippen LogP contribution in [0.5, 0.6) is 0 Å². The Morgan fingerprint density at radius 2 is 2.35 bits per heavy atom. The molecule has 0 aliphatic heterocycles. The predicted octanol–water partition coefficient (Wildman–Crippen LogP) is 2.01. The molecule has 1 amide bonds. The van der Waals surface area contributed by atoms with Crippen LogP contribution in [-0.4, -0.2) is 37.4 Å². The molecule has 0 bridgehead atoms. The lowest BCUT2D eigenvalue weighted by Crippen LogP contribution is -2.37. The summed E-state index contributed by atoms with van der Waals surface area (Å²) in [6, 6.07) is 4.01. The molecule has 1 aromatic rings. The average Bonchev–Trinajstić information content (AvgIpc) is 2.38. The van der Waals surface area contributed by atoms with E-state index in [9.17, 15) is 9.18 Å². The van der Waals surface area contributed by atoms with Crippen molar-refractivity contribution in [1.82, 2.24) is 5.32 Å². The lowest BCUT2D eigenvalue weighted by atomic mass is 10.2. The number of carbonyl (C=O) groups is 1. The first-order valence-corrected chi connectivity index (χ1v) is 6.48. The van der Waals surface area contributed by atoms with Gasteiger partial charge in [0.2, 0.25) is 5.91 Å². The van der Waals surface area contributed by atoms with E-state index in [-0.39, 0.29) is 23.2 Å². The number of benzene rings is 1. The van der Waals surface area contributed by atoms with Crippen LogP contribution in [0.2, 0.25) is 5.02 Å². The molecular weight excluding hydrogens is 285 g/mol. The Kier molecular flexibility index (Phi) is 7.22. The van der Waals surface area contributed by atoms with Crippen molar-refractivity contribution in [3.8, 4) is 0 Å². The number of ether oxygens (including phenoxy) is 1. The summed E-state index contributed by atoms with van der Waals surface area (Å²) in [7, 11) is 1.51. The van der Waals surface area contributed by atoms with E-state index < -0.39 is 11.7 Å². The summed E-state index contributed by atoms with van der Waals surface area (Å²) in [5.74, 6) is -0.898. The first-order chi connectivity index (χ1) is 9.58. The number of amides is 1. The van der Waals surface area contributed by atoms with Gasteiger partial charge in [-0.2, -0.15) is 0 Å².